The Labute approximate surface area is 113 Å². The van der Waals surface area contributed by atoms with Crippen LogP contribution in [0.5, 0.6) is 0 Å². The molecule has 1 aliphatic heterocycles. The van der Waals surface area contributed by atoms with Crippen molar-refractivity contribution in [1.29, 1.82) is 0 Å². The fourth-order valence-corrected chi connectivity index (χ4v) is 3.77. The first-order valence-electron chi connectivity index (χ1n) is 6.22. The van der Waals surface area contributed by atoms with Crippen LogP contribution in [0.2, 0.25) is 0 Å². The van der Waals surface area contributed by atoms with Crippen molar-refractivity contribution in [3.63, 3.8) is 0 Å². The molecule has 0 unspecified atom stereocenters. The van der Waals surface area contributed by atoms with Crippen molar-refractivity contribution in [2.45, 2.75) is 31.2 Å². The Morgan fingerprint density at radius 2 is 1.74 bits per heavy atom. The van der Waals surface area contributed by atoms with Crippen LogP contribution in [-0.2, 0) is 0 Å². The second-order valence-corrected chi connectivity index (χ2v) is 5.97. The smallest absolute Gasteiger partial charge is 0.161 e. The van der Waals surface area contributed by atoms with Gasteiger partial charge in [0.2, 0.25) is 0 Å². The van der Waals surface area contributed by atoms with Crippen molar-refractivity contribution in [1.82, 2.24) is 0 Å². The van der Waals surface area contributed by atoms with Gasteiger partial charge in [-0.05, 0) is 12.8 Å². The molecule has 2 nitrogen and oxygen atoms in total. The molecule has 1 heterocycles. The lowest BCUT2D eigenvalue weighted by atomic mass is 10.0. The van der Waals surface area contributed by atoms with Crippen LogP contribution in [-0.4, -0.2) is 16.5 Å². The van der Waals surface area contributed by atoms with E-state index in [1.54, 1.807) is 0 Å². The molecule has 0 radical (unpaired) electrons. The summed E-state index contributed by atoms with van der Waals surface area (Å²) in [5.41, 5.74) is -0.0950. The van der Waals surface area contributed by atoms with Crippen molar-refractivity contribution in [2.24, 2.45) is 4.99 Å². The van der Waals surface area contributed by atoms with Gasteiger partial charge >= 0.3 is 0 Å². The lowest BCUT2D eigenvalue weighted by Gasteiger charge is -2.16. The van der Waals surface area contributed by atoms with Gasteiger partial charge in [0.05, 0.1) is 11.2 Å². The predicted octanol–water partition coefficient (Wildman–Crippen LogP) is 3.93. The van der Waals surface area contributed by atoms with Gasteiger partial charge in [-0.15, -0.1) is 0 Å². The molecule has 0 aromatic heterocycles. The van der Waals surface area contributed by atoms with E-state index in [1.165, 1.54) is 11.8 Å². The molecule has 0 saturated heterocycles. The molecule has 0 atom stereocenters. The minimum Gasteiger partial charge on any atom is -0.332 e. The van der Waals surface area contributed by atoms with Gasteiger partial charge < -0.3 is 5.32 Å². The molecule has 0 amide bonds. The van der Waals surface area contributed by atoms with Gasteiger partial charge in [0.1, 0.15) is 5.82 Å². The Morgan fingerprint density at radius 3 is 2.47 bits per heavy atom. The summed E-state index contributed by atoms with van der Waals surface area (Å²) in [6.07, 6.45) is 4.42. The van der Waals surface area contributed by atoms with E-state index in [0.717, 1.165) is 37.5 Å². The first-order chi connectivity index (χ1) is 9.08. The first kappa shape index (κ1) is 12.8. The molecule has 1 spiro atoms. The van der Waals surface area contributed by atoms with Crippen molar-refractivity contribution >= 4 is 22.6 Å². The lowest BCUT2D eigenvalue weighted by Crippen LogP contribution is -2.21. The Morgan fingerprint density at radius 1 is 1.05 bits per heavy atom. The standard InChI is InChI=1S/C13H13F3N2S/c14-8-5-10(16)11(6-9(8)15)17-12-18-13(7-19-12)3-1-2-4-13/h5-6H,1-4,7H2,(H,17,18). The van der Waals surface area contributed by atoms with Crippen molar-refractivity contribution in [2.75, 3.05) is 11.1 Å². The van der Waals surface area contributed by atoms with Gasteiger partial charge in [0, 0.05) is 17.9 Å². The maximum absolute atomic E-state index is 13.5. The second kappa shape index (κ2) is 4.74. The summed E-state index contributed by atoms with van der Waals surface area (Å²) in [4.78, 5) is 4.59. The summed E-state index contributed by atoms with van der Waals surface area (Å²) < 4.78 is 39.5. The average molecular weight is 286 g/mol. The van der Waals surface area contributed by atoms with E-state index in [4.69, 9.17) is 0 Å². The highest BCUT2D eigenvalue weighted by molar-refractivity contribution is 8.14. The van der Waals surface area contributed by atoms with Crippen LogP contribution in [0.25, 0.3) is 0 Å². The molecule has 1 aromatic carbocycles. The molecule has 1 fully saturated rings. The number of rotatable bonds is 1. The van der Waals surface area contributed by atoms with Crippen molar-refractivity contribution in [3.05, 3.63) is 29.6 Å². The van der Waals surface area contributed by atoms with Crippen LogP contribution < -0.4 is 5.32 Å². The minimum absolute atomic E-state index is 0.0257. The number of thioether (sulfide) groups is 1. The molecule has 19 heavy (non-hydrogen) atoms. The van der Waals surface area contributed by atoms with Gasteiger partial charge in [0.15, 0.2) is 16.8 Å². The Bertz CT molecular complexity index is 539. The average Bonchev–Trinajstić information content (AvgIpc) is 2.98. The molecule has 1 N–H and O–H groups in total. The second-order valence-electron chi connectivity index (χ2n) is 5.01. The summed E-state index contributed by atoms with van der Waals surface area (Å²) in [6, 6.07) is 1.37. The van der Waals surface area contributed by atoms with E-state index in [1.807, 2.05) is 0 Å². The predicted molar refractivity (Wildman–Crippen MR) is 71.0 cm³/mol. The van der Waals surface area contributed by atoms with Crippen LogP contribution in [0.4, 0.5) is 18.9 Å². The normalized spacial score (nSPS) is 20.9. The summed E-state index contributed by atoms with van der Waals surface area (Å²) in [5, 5.41) is 3.35. The highest BCUT2D eigenvalue weighted by Gasteiger charge is 2.38. The molecule has 1 aromatic rings. The van der Waals surface area contributed by atoms with Crippen LogP contribution >= 0.6 is 11.8 Å². The van der Waals surface area contributed by atoms with E-state index in [0.29, 0.717) is 11.2 Å². The Balaban J connectivity index is 1.81. The fraction of sp³-hybridized carbons (Fsp3) is 0.462. The summed E-state index contributed by atoms with van der Waals surface area (Å²) in [7, 11) is 0. The SMILES string of the molecule is Fc1cc(F)c(NC2=NC3(CCCC3)CS2)cc1F. The Hall–Kier alpha value is -1.17. The molecule has 6 heteroatoms. The van der Waals surface area contributed by atoms with Crippen molar-refractivity contribution in [3.8, 4) is 0 Å². The van der Waals surface area contributed by atoms with Crippen LogP contribution in [0.1, 0.15) is 25.7 Å². The summed E-state index contributed by atoms with van der Waals surface area (Å²) in [6.45, 7) is 0. The zero-order valence-electron chi connectivity index (χ0n) is 10.2. The molecular weight excluding hydrogens is 273 g/mol. The largest absolute Gasteiger partial charge is 0.332 e. The third-order valence-corrected chi connectivity index (χ3v) is 4.75. The number of benzene rings is 1. The quantitative estimate of drug-likeness (QED) is 0.791. The highest BCUT2D eigenvalue weighted by atomic mass is 32.2. The minimum atomic E-state index is -1.18. The molecule has 0 bridgehead atoms. The third-order valence-electron chi connectivity index (χ3n) is 3.60. The molecular formula is C13H13F3N2S. The zero-order chi connectivity index (χ0) is 13.5. The van der Waals surface area contributed by atoms with E-state index in [-0.39, 0.29) is 11.2 Å². The number of nitrogens with one attached hydrogen (secondary N) is 1. The molecule has 1 aliphatic carbocycles. The van der Waals surface area contributed by atoms with Crippen LogP contribution in [0, 0.1) is 17.5 Å². The number of aliphatic imine (C=N–C) groups is 1. The van der Waals surface area contributed by atoms with Gasteiger partial charge in [-0.25, -0.2) is 13.2 Å². The van der Waals surface area contributed by atoms with Crippen molar-refractivity contribution < 1.29 is 13.2 Å². The number of hydrogen-bond acceptors (Lipinski definition) is 3. The molecule has 3 rings (SSSR count). The molecule has 2 aliphatic rings. The maximum atomic E-state index is 13.5. The first-order valence-corrected chi connectivity index (χ1v) is 7.21. The summed E-state index contributed by atoms with van der Waals surface area (Å²) >= 11 is 1.51. The van der Waals surface area contributed by atoms with Crippen LogP contribution in [0.15, 0.2) is 17.1 Å². The molecule has 1 saturated carbocycles. The van der Waals surface area contributed by atoms with Gasteiger partial charge in [-0.2, -0.15) is 0 Å². The Kier molecular flexibility index (Phi) is 3.20. The highest BCUT2D eigenvalue weighted by Crippen LogP contribution is 2.41. The topological polar surface area (TPSA) is 24.4 Å². The van der Waals surface area contributed by atoms with Gasteiger partial charge in [-0.1, -0.05) is 24.6 Å². The number of halogens is 3. The molecule has 102 valence electrons. The fourth-order valence-electron chi connectivity index (χ4n) is 2.57. The van der Waals surface area contributed by atoms with E-state index >= 15 is 0 Å². The van der Waals surface area contributed by atoms with E-state index in [9.17, 15) is 13.2 Å². The zero-order valence-corrected chi connectivity index (χ0v) is 11.0. The van der Waals surface area contributed by atoms with E-state index < -0.39 is 17.5 Å². The van der Waals surface area contributed by atoms with Crippen LogP contribution in [0.3, 0.4) is 0 Å². The van der Waals surface area contributed by atoms with Gasteiger partial charge in [-0.3, -0.25) is 4.99 Å². The summed E-state index contributed by atoms with van der Waals surface area (Å²) in [5.74, 6) is -2.19. The third kappa shape index (κ3) is 2.45. The van der Waals surface area contributed by atoms with E-state index in [2.05, 4.69) is 10.3 Å². The number of hydrogen-bond donors (Lipinski definition) is 1. The number of anilines is 1. The lowest BCUT2D eigenvalue weighted by molar-refractivity contribution is 0.496. The van der Waals surface area contributed by atoms with Gasteiger partial charge in [0.25, 0.3) is 0 Å². The number of nitrogens with zero attached hydrogens (tertiary/aromatic N) is 1. The maximum Gasteiger partial charge on any atom is 0.161 e. The monoisotopic (exact) mass is 286 g/mol. The number of amidine groups is 1.